The SMILES string of the molecule is CC(=O)N=C1SC2CS(=O)(=O)CC2N1c1ccccc1F. The molecule has 21 heavy (non-hydrogen) atoms. The van der Waals surface area contributed by atoms with Crippen LogP contribution in [0.15, 0.2) is 29.3 Å². The van der Waals surface area contributed by atoms with E-state index in [9.17, 15) is 17.6 Å². The third-order valence-corrected chi connectivity index (χ3v) is 6.64. The van der Waals surface area contributed by atoms with Crippen LogP contribution in [0.1, 0.15) is 6.92 Å². The summed E-state index contributed by atoms with van der Waals surface area (Å²) < 4.78 is 37.7. The maximum atomic E-state index is 14.1. The Hall–Kier alpha value is -1.41. The number of hydrogen-bond acceptors (Lipinski definition) is 4. The van der Waals surface area contributed by atoms with E-state index in [1.807, 2.05) is 0 Å². The Morgan fingerprint density at radius 2 is 2.10 bits per heavy atom. The molecule has 2 aliphatic rings. The Labute approximate surface area is 126 Å². The summed E-state index contributed by atoms with van der Waals surface area (Å²) >= 11 is 1.23. The van der Waals surface area contributed by atoms with E-state index in [4.69, 9.17) is 0 Å². The van der Waals surface area contributed by atoms with Gasteiger partial charge in [0.15, 0.2) is 15.0 Å². The van der Waals surface area contributed by atoms with Crippen molar-refractivity contribution >= 4 is 38.4 Å². The van der Waals surface area contributed by atoms with Gasteiger partial charge in [-0.25, -0.2) is 12.8 Å². The molecule has 0 saturated carbocycles. The summed E-state index contributed by atoms with van der Waals surface area (Å²) in [6, 6.07) is 5.73. The maximum absolute atomic E-state index is 14.1. The van der Waals surface area contributed by atoms with Crippen LogP contribution in [0.2, 0.25) is 0 Å². The van der Waals surface area contributed by atoms with Gasteiger partial charge in [0.2, 0.25) is 5.91 Å². The molecule has 0 spiro atoms. The summed E-state index contributed by atoms with van der Waals surface area (Å²) in [6.45, 7) is 1.32. The standard InChI is InChI=1S/C13H13FN2O3S2/c1-8(17)15-13-16(10-5-3-2-4-9(10)14)11-6-21(18,19)7-12(11)20-13/h2-5,11-12H,6-7H2,1H3. The van der Waals surface area contributed by atoms with Crippen molar-refractivity contribution in [1.29, 1.82) is 0 Å². The monoisotopic (exact) mass is 328 g/mol. The number of aliphatic imine (C=N–C) groups is 1. The molecule has 0 radical (unpaired) electrons. The Balaban J connectivity index is 2.07. The molecule has 8 heteroatoms. The zero-order chi connectivity index (χ0) is 15.2. The first-order valence-corrected chi connectivity index (χ1v) is 9.07. The molecule has 3 rings (SSSR count). The number of halogens is 1. The van der Waals surface area contributed by atoms with E-state index in [2.05, 4.69) is 4.99 Å². The number of hydrogen-bond donors (Lipinski definition) is 0. The van der Waals surface area contributed by atoms with Crippen molar-refractivity contribution in [3.63, 3.8) is 0 Å². The molecule has 1 aromatic rings. The molecule has 2 heterocycles. The van der Waals surface area contributed by atoms with Gasteiger partial charge in [0.1, 0.15) is 5.82 Å². The predicted molar refractivity (Wildman–Crippen MR) is 80.8 cm³/mol. The van der Waals surface area contributed by atoms with Gasteiger partial charge < -0.3 is 4.90 Å². The topological polar surface area (TPSA) is 66.8 Å². The van der Waals surface area contributed by atoms with Gasteiger partial charge in [0.25, 0.3) is 0 Å². The van der Waals surface area contributed by atoms with Crippen molar-refractivity contribution < 1.29 is 17.6 Å². The molecular formula is C13H13FN2O3S2. The smallest absolute Gasteiger partial charge is 0.244 e. The lowest BCUT2D eigenvalue weighted by atomic mass is 10.2. The first kappa shape index (κ1) is 14.5. The van der Waals surface area contributed by atoms with Gasteiger partial charge in [0, 0.05) is 12.2 Å². The normalized spacial score (nSPS) is 28.9. The Kier molecular flexibility index (Phi) is 3.53. The number of rotatable bonds is 1. The molecule has 2 saturated heterocycles. The molecule has 2 fully saturated rings. The summed E-state index contributed by atoms with van der Waals surface area (Å²) in [4.78, 5) is 16.7. The third-order valence-electron chi connectivity index (χ3n) is 3.43. The van der Waals surface area contributed by atoms with E-state index >= 15 is 0 Å². The molecule has 0 aromatic heterocycles. The van der Waals surface area contributed by atoms with Gasteiger partial charge in [0.05, 0.1) is 23.2 Å². The zero-order valence-electron chi connectivity index (χ0n) is 11.2. The second-order valence-corrected chi connectivity index (χ2v) is 8.40. The maximum Gasteiger partial charge on any atom is 0.244 e. The van der Waals surface area contributed by atoms with Crippen LogP contribution in [0, 0.1) is 5.82 Å². The molecule has 112 valence electrons. The Morgan fingerprint density at radius 1 is 1.38 bits per heavy atom. The highest BCUT2D eigenvalue weighted by molar-refractivity contribution is 8.16. The molecule has 1 amide bonds. The molecule has 2 unspecified atom stereocenters. The summed E-state index contributed by atoms with van der Waals surface area (Å²) in [5, 5.41) is 0.158. The molecule has 1 aromatic carbocycles. The van der Waals surface area contributed by atoms with Crippen LogP contribution < -0.4 is 4.90 Å². The Bertz CT molecular complexity index is 733. The molecule has 0 N–H and O–H groups in total. The van der Waals surface area contributed by atoms with Gasteiger partial charge in [-0.3, -0.25) is 4.79 Å². The van der Waals surface area contributed by atoms with E-state index in [0.29, 0.717) is 5.17 Å². The summed E-state index contributed by atoms with van der Waals surface area (Å²) in [6.07, 6.45) is 0. The van der Waals surface area contributed by atoms with Crippen molar-refractivity contribution in [2.24, 2.45) is 4.99 Å². The fraction of sp³-hybridized carbons (Fsp3) is 0.385. The van der Waals surface area contributed by atoms with E-state index in [0.717, 1.165) is 0 Å². The highest BCUT2D eigenvalue weighted by atomic mass is 32.2. The number of nitrogens with zero attached hydrogens (tertiary/aromatic N) is 2. The molecular weight excluding hydrogens is 315 g/mol. The second kappa shape index (κ2) is 5.10. The van der Waals surface area contributed by atoms with Crippen LogP contribution >= 0.6 is 11.8 Å². The largest absolute Gasteiger partial charge is 0.313 e. The second-order valence-electron chi connectivity index (χ2n) is 5.04. The highest BCUT2D eigenvalue weighted by Crippen LogP contribution is 2.41. The van der Waals surface area contributed by atoms with Gasteiger partial charge in [-0.15, -0.1) is 0 Å². The van der Waals surface area contributed by atoms with E-state index < -0.39 is 15.7 Å². The molecule has 2 atom stereocenters. The van der Waals surface area contributed by atoms with Crippen molar-refractivity contribution in [2.75, 3.05) is 16.4 Å². The predicted octanol–water partition coefficient (Wildman–Crippen LogP) is 1.45. The zero-order valence-corrected chi connectivity index (χ0v) is 12.8. The first-order valence-electron chi connectivity index (χ1n) is 6.37. The molecule has 0 bridgehead atoms. The number of sulfone groups is 1. The van der Waals surface area contributed by atoms with Crippen molar-refractivity contribution in [2.45, 2.75) is 18.2 Å². The van der Waals surface area contributed by atoms with Crippen molar-refractivity contribution in [1.82, 2.24) is 0 Å². The van der Waals surface area contributed by atoms with Gasteiger partial charge >= 0.3 is 0 Å². The van der Waals surface area contributed by atoms with Gasteiger partial charge in [-0.05, 0) is 12.1 Å². The fourth-order valence-electron chi connectivity index (χ4n) is 2.63. The number of carbonyl (C=O) groups is 1. The summed E-state index contributed by atoms with van der Waals surface area (Å²) in [5.74, 6) is -0.860. The van der Waals surface area contributed by atoms with Gasteiger partial charge in [-0.2, -0.15) is 4.99 Å². The van der Waals surface area contributed by atoms with Crippen LogP contribution in [0.3, 0.4) is 0 Å². The Morgan fingerprint density at radius 3 is 2.76 bits per heavy atom. The van der Waals surface area contributed by atoms with Crippen LogP contribution in [-0.4, -0.2) is 42.3 Å². The molecule has 2 aliphatic heterocycles. The van der Waals surface area contributed by atoms with E-state index in [-0.39, 0.29) is 34.4 Å². The van der Waals surface area contributed by atoms with Crippen LogP contribution in [-0.2, 0) is 14.6 Å². The fourth-order valence-corrected chi connectivity index (χ4v) is 6.58. The number of amides is 1. The first-order chi connectivity index (χ1) is 9.87. The summed E-state index contributed by atoms with van der Waals surface area (Å²) in [5.41, 5.74) is 0.259. The number of amidine groups is 1. The third kappa shape index (κ3) is 2.69. The minimum absolute atomic E-state index is 0.0320. The number of thioether (sulfide) groups is 1. The van der Waals surface area contributed by atoms with E-state index in [1.165, 1.54) is 24.8 Å². The minimum atomic E-state index is -3.14. The average Bonchev–Trinajstić information content (AvgIpc) is 2.81. The highest BCUT2D eigenvalue weighted by Gasteiger charge is 2.49. The van der Waals surface area contributed by atoms with Crippen LogP contribution in [0.4, 0.5) is 10.1 Å². The van der Waals surface area contributed by atoms with Crippen LogP contribution in [0.5, 0.6) is 0 Å². The molecule has 5 nitrogen and oxygen atoms in total. The lowest BCUT2D eigenvalue weighted by Gasteiger charge is -2.24. The number of para-hydroxylation sites is 1. The number of carbonyl (C=O) groups excluding carboxylic acids is 1. The van der Waals surface area contributed by atoms with Crippen molar-refractivity contribution in [3.05, 3.63) is 30.1 Å². The quantitative estimate of drug-likeness (QED) is 0.780. The lowest BCUT2D eigenvalue weighted by Crippen LogP contribution is -2.38. The summed E-state index contributed by atoms with van der Waals surface area (Å²) in [7, 11) is -3.14. The van der Waals surface area contributed by atoms with Crippen LogP contribution in [0.25, 0.3) is 0 Å². The van der Waals surface area contributed by atoms with Crippen molar-refractivity contribution in [3.8, 4) is 0 Å². The minimum Gasteiger partial charge on any atom is -0.313 e. The molecule has 0 aliphatic carbocycles. The van der Waals surface area contributed by atoms with E-state index in [1.54, 1.807) is 23.1 Å². The number of benzene rings is 1. The number of anilines is 1. The van der Waals surface area contributed by atoms with Gasteiger partial charge in [-0.1, -0.05) is 23.9 Å². The number of fused-ring (bicyclic) bond motifs is 1. The average molecular weight is 328 g/mol. The lowest BCUT2D eigenvalue weighted by molar-refractivity contribution is -0.115.